The second kappa shape index (κ2) is 9.38. The summed E-state index contributed by atoms with van der Waals surface area (Å²) in [5, 5.41) is 1.88. The molecule has 4 rings (SSSR count). The first-order chi connectivity index (χ1) is 15.4. The van der Waals surface area contributed by atoms with Gasteiger partial charge in [-0.05, 0) is 30.3 Å². The minimum atomic E-state index is -3.42. The highest BCUT2D eigenvalue weighted by Crippen LogP contribution is 2.58. The van der Waals surface area contributed by atoms with E-state index in [1.807, 2.05) is 60.7 Å². The van der Waals surface area contributed by atoms with Crippen LogP contribution < -0.4 is 10.6 Å². The lowest BCUT2D eigenvalue weighted by molar-refractivity contribution is 0.0764. The van der Waals surface area contributed by atoms with Crippen LogP contribution >= 0.6 is 30.3 Å². The number of amides is 1. The fraction of sp³-hybridized carbons (Fsp3) is 0.0800. The molecular formula is C25H20Cl2NO3P. The Balaban J connectivity index is 1.90. The van der Waals surface area contributed by atoms with E-state index in [1.165, 1.54) is 17.2 Å². The molecule has 0 aliphatic heterocycles. The van der Waals surface area contributed by atoms with Gasteiger partial charge in [-0.3, -0.25) is 4.79 Å². The van der Waals surface area contributed by atoms with Crippen molar-refractivity contribution in [3.63, 3.8) is 0 Å². The smallest absolute Gasteiger partial charge is 0.254 e. The van der Waals surface area contributed by atoms with Gasteiger partial charge in [-0.15, -0.1) is 0 Å². The summed E-state index contributed by atoms with van der Waals surface area (Å²) < 4.78 is 20.7. The summed E-state index contributed by atoms with van der Waals surface area (Å²) in [4.78, 5) is 15.0. The number of carbonyl (C=O) groups is 1. The van der Waals surface area contributed by atoms with Gasteiger partial charge in [-0.1, -0.05) is 83.9 Å². The number of benzene rings is 3. The van der Waals surface area contributed by atoms with Crippen LogP contribution in [0.25, 0.3) is 0 Å². The number of carbonyl (C=O) groups excluding carboxylic acids is 1. The molecule has 0 bridgehead atoms. The molecule has 0 saturated carbocycles. The maximum Gasteiger partial charge on any atom is 0.254 e. The van der Waals surface area contributed by atoms with Crippen LogP contribution in [0.3, 0.4) is 0 Å². The molecule has 0 saturated heterocycles. The zero-order valence-corrected chi connectivity index (χ0v) is 19.6. The molecule has 1 unspecified atom stereocenters. The molecule has 32 heavy (non-hydrogen) atoms. The summed E-state index contributed by atoms with van der Waals surface area (Å²) in [7, 11) is -1.80. The van der Waals surface area contributed by atoms with Crippen molar-refractivity contribution >= 4 is 46.9 Å². The molecule has 0 spiro atoms. The Hall–Kier alpha value is -2.78. The van der Waals surface area contributed by atoms with Gasteiger partial charge < -0.3 is 13.9 Å². The highest BCUT2D eigenvalue weighted by atomic mass is 35.5. The zero-order chi connectivity index (χ0) is 22.7. The Morgan fingerprint density at radius 2 is 1.44 bits per heavy atom. The predicted molar refractivity (Wildman–Crippen MR) is 130 cm³/mol. The third-order valence-corrected chi connectivity index (χ3v) is 9.43. The van der Waals surface area contributed by atoms with E-state index in [1.54, 1.807) is 31.3 Å². The summed E-state index contributed by atoms with van der Waals surface area (Å²) in [5.41, 5.74) is 0.339. The second-order valence-electron chi connectivity index (χ2n) is 7.26. The third-order valence-electron chi connectivity index (χ3n) is 5.28. The van der Waals surface area contributed by atoms with Gasteiger partial charge >= 0.3 is 0 Å². The lowest BCUT2D eigenvalue weighted by atomic mass is 10.2. The predicted octanol–water partition coefficient (Wildman–Crippen LogP) is 6.37. The molecule has 0 radical (unpaired) electrons. The lowest BCUT2D eigenvalue weighted by Gasteiger charge is -2.34. The molecule has 1 aromatic heterocycles. The SMILES string of the molecule is CN(C(=O)c1ccc(Cl)c(Cl)c1)C(c1ccco1)P(=O)(c1ccccc1)c1ccccc1. The van der Waals surface area contributed by atoms with E-state index in [9.17, 15) is 4.79 Å². The van der Waals surface area contributed by atoms with Crippen molar-refractivity contribution in [2.24, 2.45) is 0 Å². The minimum Gasteiger partial charge on any atom is -0.467 e. The molecule has 1 atom stereocenters. The van der Waals surface area contributed by atoms with Crippen LogP contribution in [-0.2, 0) is 4.57 Å². The Labute approximate surface area is 196 Å². The lowest BCUT2D eigenvalue weighted by Crippen LogP contribution is -2.36. The Morgan fingerprint density at radius 3 is 1.94 bits per heavy atom. The van der Waals surface area contributed by atoms with Crippen LogP contribution in [0.5, 0.6) is 0 Å². The van der Waals surface area contributed by atoms with E-state index in [-0.39, 0.29) is 10.9 Å². The van der Waals surface area contributed by atoms with Gasteiger partial charge in [0.2, 0.25) is 0 Å². The second-order valence-corrected chi connectivity index (χ2v) is 10.9. The van der Waals surface area contributed by atoms with Crippen molar-refractivity contribution in [3.05, 3.63) is 119 Å². The fourth-order valence-electron chi connectivity index (χ4n) is 3.73. The van der Waals surface area contributed by atoms with Crippen molar-refractivity contribution < 1.29 is 13.8 Å². The third kappa shape index (κ3) is 4.14. The Morgan fingerprint density at radius 1 is 0.844 bits per heavy atom. The van der Waals surface area contributed by atoms with E-state index >= 15 is 4.57 Å². The number of rotatable bonds is 6. The van der Waals surface area contributed by atoms with Gasteiger partial charge in [0.05, 0.1) is 16.3 Å². The molecule has 0 aliphatic carbocycles. The van der Waals surface area contributed by atoms with Crippen molar-refractivity contribution in [1.82, 2.24) is 4.90 Å². The highest BCUT2D eigenvalue weighted by molar-refractivity contribution is 7.79. The molecule has 0 aliphatic rings. The van der Waals surface area contributed by atoms with Gasteiger partial charge in [0, 0.05) is 23.2 Å². The van der Waals surface area contributed by atoms with E-state index in [2.05, 4.69) is 0 Å². The first-order valence-electron chi connectivity index (χ1n) is 9.89. The molecular weight excluding hydrogens is 464 g/mol. The Bertz CT molecular complexity index is 1220. The number of hydrogen-bond acceptors (Lipinski definition) is 3. The maximum atomic E-state index is 15.0. The van der Waals surface area contributed by atoms with Gasteiger partial charge in [-0.2, -0.15) is 0 Å². The highest BCUT2D eigenvalue weighted by Gasteiger charge is 2.43. The summed E-state index contributed by atoms with van der Waals surface area (Å²) >= 11 is 12.2. The van der Waals surface area contributed by atoms with E-state index in [4.69, 9.17) is 27.6 Å². The van der Waals surface area contributed by atoms with Crippen LogP contribution in [0.1, 0.15) is 21.9 Å². The number of halogens is 2. The van der Waals surface area contributed by atoms with Crippen LogP contribution in [0.2, 0.25) is 10.0 Å². The monoisotopic (exact) mass is 483 g/mol. The molecule has 4 nitrogen and oxygen atoms in total. The van der Waals surface area contributed by atoms with Gasteiger partial charge in [0.15, 0.2) is 12.9 Å². The topological polar surface area (TPSA) is 50.5 Å². The van der Waals surface area contributed by atoms with Gasteiger partial charge in [0.25, 0.3) is 5.91 Å². The van der Waals surface area contributed by atoms with E-state index in [0.717, 1.165) is 0 Å². The summed E-state index contributed by atoms with van der Waals surface area (Å²) in [5.74, 6) is -0.793. The largest absolute Gasteiger partial charge is 0.467 e. The van der Waals surface area contributed by atoms with Crippen molar-refractivity contribution in [2.75, 3.05) is 7.05 Å². The first-order valence-corrected chi connectivity index (χ1v) is 12.4. The normalized spacial score (nSPS) is 12.3. The molecule has 3 aromatic carbocycles. The van der Waals surface area contributed by atoms with Gasteiger partial charge in [-0.25, -0.2) is 0 Å². The molecule has 162 valence electrons. The molecule has 1 amide bonds. The number of furan rings is 1. The van der Waals surface area contributed by atoms with Gasteiger partial charge in [0.1, 0.15) is 5.76 Å². The van der Waals surface area contributed by atoms with E-state index < -0.39 is 12.9 Å². The quantitative estimate of drug-likeness (QED) is 0.299. The first kappa shape index (κ1) is 22.4. The standard InChI is InChI=1S/C25H20Cl2NO3P/c1-28(24(29)18-14-15-21(26)22(27)17-18)25(23-13-8-16-31-23)32(30,19-9-4-2-5-10-19)20-11-6-3-7-12-20/h2-17,25H,1H3. The van der Waals surface area contributed by atoms with Crippen molar-refractivity contribution in [1.29, 1.82) is 0 Å². The number of nitrogens with zero attached hydrogens (tertiary/aromatic N) is 1. The molecule has 4 aromatic rings. The molecule has 7 heteroatoms. The molecule has 1 heterocycles. The minimum absolute atomic E-state index is 0.273. The maximum absolute atomic E-state index is 15.0. The molecule has 0 N–H and O–H groups in total. The van der Waals surface area contributed by atoms with Crippen LogP contribution in [-0.4, -0.2) is 17.9 Å². The Kier molecular flexibility index (Phi) is 6.57. The van der Waals surface area contributed by atoms with Crippen LogP contribution in [0.15, 0.2) is 102 Å². The van der Waals surface area contributed by atoms with Crippen LogP contribution in [0.4, 0.5) is 0 Å². The summed E-state index contributed by atoms with van der Waals surface area (Å²) in [6.07, 6.45) is 1.51. The van der Waals surface area contributed by atoms with Crippen molar-refractivity contribution in [2.45, 2.75) is 5.78 Å². The fourth-order valence-corrected chi connectivity index (χ4v) is 7.22. The van der Waals surface area contributed by atoms with E-state index in [0.29, 0.717) is 27.0 Å². The summed E-state index contributed by atoms with van der Waals surface area (Å²) in [6, 6.07) is 26.5. The average molecular weight is 484 g/mol. The van der Waals surface area contributed by atoms with Crippen LogP contribution in [0, 0.1) is 0 Å². The zero-order valence-electron chi connectivity index (χ0n) is 17.2. The van der Waals surface area contributed by atoms with Crippen molar-refractivity contribution in [3.8, 4) is 0 Å². The molecule has 0 fully saturated rings. The summed E-state index contributed by atoms with van der Waals surface area (Å²) in [6.45, 7) is 0. The number of hydrogen-bond donors (Lipinski definition) is 0. The average Bonchev–Trinajstić information content (AvgIpc) is 3.35.